The van der Waals surface area contributed by atoms with Gasteiger partial charge in [0.15, 0.2) is 16.7 Å². The number of piperidine rings is 1. The van der Waals surface area contributed by atoms with Crippen molar-refractivity contribution in [2.45, 2.75) is 26.2 Å². The number of anilines is 1. The van der Waals surface area contributed by atoms with E-state index in [4.69, 9.17) is 19.2 Å². The van der Waals surface area contributed by atoms with Gasteiger partial charge in [0.05, 0.1) is 31.9 Å². The number of thioether (sulfide) groups is 1. The summed E-state index contributed by atoms with van der Waals surface area (Å²) in [6.45, 7) is 4.70. The maximum atomic E-state index is 13.1. The van der Waals surface area contributed by atoms with Crippen LogP contribution in [0.15, 0.2) is 46.3 Å². The molecule has 2 aliphatic heterocycles. The van der Waals surface area contributed by atoms with Crippen molar-refractivity contribution in [3.05, 3.63) is 46.9 Å². The highest BCUT2D eigenvalue weighted by Gasteiger charge is 2.32. The van der Waals surface area contributed by atoms with Crippen LogP contribution in [0.25, 0.3) is 6.08 Å². The number of nitrogens with zero attached hydrogens (tertiary/aromatic N) is 3. The molecule has 2 aliphatic rings. The van der Waals surface area contributed by atoms with Gasteiger partial charge in [0.2, 0.25) is 0 Å². The van der Waals surface area contributed by atoms with Crippen LogP contribution in [0.2, 0.25) is 0 Å². The highest BCUT2D eigenvalue weighted by atomic mass is 32.2. The lowest BCUT2D eigenvalue weighted by atomic mass is 10.1. The maximum absolute atomic E-state index is 13.1. The number of amidine groups is 1. The standard InChI is InChI=1S/C26H31N3O4S/c1-5-29-25(30)24(16-18-15-22(32-3)23(33-4)17-21(18)31-2)34-26(29)27-19-9-11-20(12-10-19)28-13-7-6-8-14-28/h9-12,15-17H,5-8,13-14H2,1-4H3/b24-16-,27-26?. The number of hydrogen-bond acceptors (Lipinski definition) is 7. The number of rotatable bonds is 7. The Bertz CT molecular complexity index is 1090. The normalized spacial score (nSPS) is 18.6. The van der Waals surface area contributed by atoms with Crippen molar-refractivity contribution in [2.75, 3.05) is 45.9 Å². The van der Waals surface area contributed by atoms with Gasteiger partial charge in [0.1, 0.15) is 5.75 Å². The minimum atomic E-state index is -0.0759. The first-order valence-electron chi connectivity index (χ1n) is 11.5. The number of hydrogen-bond donors (Lipinski definition) is 0. The summed E-state index contributed by atoms with van der Waals surface area (Å²) in [7, 11) is 4.75. The molecule has 2 saturated heterocycles. The van der Waals surface area contributed by atoms with Crippen LogP contribution in [0.3, 0.4) is 0 Å². The van der Waals surface area contributed by atoms with Gasteiger partial charge in [-0.15, -0.1) is 0 Å². The van der Waals surface area contributed by atoms with E-state index < -0.39 is 0 Å². The monoisotopic (exact) mass is 481 g/mol. The molecule has 4 rings (SSSR count). The first kappa shape index (κ1) is 24.0. The topological polar surface area (TPSA) is 63.6 Å². The Kier molecular flexibility index (Phi) is 7.67. The van der Waals surface area contributed by atoms with Crippen LogP contribution in [0.4, 0.5) is 11.4 Å². The third-order valence-electron chi connectivity index (χ3n) is 6.02. The zero-order valence-electron chi connectivity index (χ0n) is 20.2. The number of aliphatic imine (C=N–C) groups is 1. The maximum Gasteiger partial charge on any atom is 0.266 e. The number of amides is 1. The van der Waals surface area contributed by atoms with Crippen LogP contribution in [0.5, 0.6) is 17.2 Å². The summed E-state index contributed by atoms with van der Waals surface area (Å²) < 4.78 is 16.3. The Morgan fingerprint density at radius 2 is 1.59 bits per heavy atom. The van der Waals surface area contributed by atoms with E-state index in [2.05, 4.69) is 17.0 Å². The second kappa shape index (κ2) is 10.9. The SMILES string of the molecule is CCN1C(=O)/C(=C/c2cc(OC)c(OC)cc2OC)SC1=Nc1ccc(N2CCCCC2)cc1. The molecule has 0 aliphatic carbocycles. The van der Waals surface area contributed by atoms with Gasteiger partial charge in [0.25, 0.3) is 5.91 Å². The predicted molar refractivity (Wildman–Crippen MR) is 139 cm³/mol. The highest BCUT2D eigenvalue weighted by Crippen LogP contribution is 2.39. The second-order valence-corrected chi connectivity index (χ2v) is 9.08. The van der Waals surface area contributed by atoms with Crippen LogP contribution >= 0.6 is 11.8 Å². The third kappa shape index (κ3) is 5.01. The molecule has 2 aromatic rings. The van der Waals surface area contributed by atoms with Crippen LogP contribution in [-0.2, 0) is 4.79 Å². The van der Waals surface area contributed by atoms with E-state index in [0.29, 0.717) is 33.9 Å². The summed E-state index contributed by atoms with van der Waals surface area (Å²) >= 11 is 1.37. The molecule has 0 radical (unpaired) electrons. The number of carbonyl (C=O) groups is 1. The summed E-state index contributed by atoms with van der Waals surface area (Å²) in [5.74, 6) is 1.66. The van der Waals surface area contributed by atoms with E-state index in [1.54, 1.807) is 32.3 Å². The smallest absolute Gasteiger partial charge is 0.266 e. The van der Waals surface area contributed by atoms with Gasteiger partial charge in [-0.05, 0) is 74.4 Å². The largest absolute Gasteiger partial charge is 0.496 e. The van der Waals surface area contributed by atoms with Gasteiger partial charge in [0, 0.05) is 37.0 Å². The van der Waals surface area contributed by atoms with Crippen molar-refractivity contribution < 1.29 is 19.0 Å². The number of ether oxygens (including phenoxy) is 3. The number of carbonyl (C=O) groups excluding carboxylic acids is 1. The van der Waals surface area contributed by atoms with Crippen molar-refractivity contribution in [1.82, 2.24) is 4.90 Å². The van der Waals surface area contributed by atoms with Crippen molar-refractivity contribution >= 4 is 40.3 Å². The fourth-order valence-electron chi connectivity index (χ4n) is 4.18. The Hall–Kier alpha value is -3.13. The molecule has 0 N–H and O–H groups in total. The zero-order valence-corrected chi connectivity index (χ0v) is 21.0. The molecule has 7 nitrogen and oxygen atoms in total. The molecule has 1 amide bonds. The van der Waals surface area contributed by atoms with Gasteiger partial charge >= 0.3 is 0 Å². The average Bonchev–Trinajstić information content (AvgIpc) is 3.17. The molecule has 0 unspecified atom stereocenters. The van der Waals surface area contributed by atoms with Crippen molar-refractivity contribution in [2.24, 2.45) is 4.99 Å². The van der Waals surface area contributed by atoms with Gasteiger partial charge in [-0.25, -0.2) is 4.99 Å². The summed E-state index contributed by atoms with van der Waals surface area (Å²) in [6, 6.07) is 11.8. The third-order valence-corrected chi connectivity index (χ3v) is 7.03. The predicted octanol–water partition coefficient (Wildman–Crippen LogP) is 5.33. The minimum absolute atomic E-state index is 0.0759. The van der Waals surface area contributed by atoms with Crippen LogP contribution in [0.1, 0.15) is 31.7 Å². The van der Waals surface area contributed by atoms with Gasteiger partial charge in [-0.1, -0.05) is 0 Å². The lowest BCUT2D eigenvalue weighted by molar-refractivity contribution is -0.122. The van der Waals surface area contributed by atoms with E-state index in [0.717, 1.165) is 24.3 Å². The number of likely N-dealkylation sites (N-methyl/N-ethyl adjacent to an activating group) is 1. The molecule has 0 saturated carbocycles. The number of benzene rings is 2. The quantitative estimate of drug-likeness (QED) is 0.499. The first-order valence-corrected chi connectivity index (χ1v) is 12.3. The summed E-state index contributed by atoms with van der Waals surface area (Å²) in [5, 5.41) is 0.670. The van der Waals surface area contributed by atoms with E-state index >= 15 is 0 Å². The Morgan fingerprint density at radius 3 is 2.21 bits per heavy atom. The lowest BCUT2D eigenvalue weighted by Gasteiger charge is -2.28. The Labute approximate surface area is 205 Å². The van der Waals surface area contributed by atoms with Crippen molar-refractivity contribution in [3.8, 4) is 17.2 Å². The molecule has 0 spiro atoms. The average molecular weight is 482 g/mol. The minimum Gasteiger partial charge on any atom is -0.496 e. The van der Waals surface area contributed by atoms with E-state index in [1.165, 1.54) is 36.7 Å². The van der Waals surface area contributed by atoms with E-state index in [-0.39, 0.29) is 5.91 Å². The highest BCUT2D eigenvalue weighted by molar-refractivity contribution is 8.18. The number of methoxy groups -OCH3 is 3. The summed E-state index contributed by atoms with van der Waals surface area (Å²) in [5.41, 5.74) is 2.80. The molecular formula is C26H31N3O4S. The first-order chi connectivity index (χ1) is 16.6. The fourth-order valence-corrected chi connectivity index (χ4v) is 5.23. The molecule has 2 aromatic carbocycles. The molecule has 180 valence electrons. The molecule has 0 bridgehead atoms. The van der Waals surface area contributed by atoms with E-state index in [1.807, 2.05) is 31.2 Å². The summed E-state index contributed by atoms with van der Waals surface area (Å²) in [6.07, 6.45) is 5.62. The fraction of sp³-hybridized carbons (Fsp3) is 0.385. The Balaban J connectivity index is 1.60. The van der Waals surface area contributed by atoms with E-state index in [9.17, 15) is 4.79 Å². The van der Waals surface area contributed by atoms with Crippen LogP contribution < -0.4 is 19.1 Å². The van der Waals surface area contributed by atoms with Gasteiger partial charge in [-0.2, -0.15) is 0 Å². The molecule has 0 atom stereocenters. The zero-order chi connectivity index (χ0) is 24.1. The molecule has 8 heteroatoms. The molecule has 34 heavy (non-hydrogen) atoms. The lowest BCUT2D eigenvalue weighted by Crippen LogP contribution is -2.29. The van der Waals surface area contributed by atoms with Crippen LogP contribution in [0, 0.1) is 0 Å². The molecule has 2 fully saturated rings. The second-order valence-electron chi connectivity index (χ2n) is 8.07. The summed E-state index contributed by atoms with van der Waals surface area (Å²) in [4.78, 5) is 22.6. The van der Waals surface area contributed by atoms with Gasteiger partial charge in [-0.3, -0.25) is 9.69 Å². The van der Waals surface area contributed by atoms with Crippen LogP contribution in [-0.4, -0.2) is 56.9 Å². The molecule has 2 heterocycles. The van der Waals surface area contributed by atoms with Crippen molar-refractivity contribution in [1.29, 1.82) is 0 Å². The van der Waals surface area contributed by atoms with Crippen molar-refractivity contribution in [3.63, 3.8) is 0 Å². The van der Waals surface area contributed by atoms with Gasteiger partial charge < -0.3 is 19.1 Å². The molecule has 0 aromatic heterocycles. The Morgan fingerprint density at radius 1 is 0.941 bits per heavy atom. The molecular weight excluding hydrogens is 450 g/mol.